The Morgan fingerprint density at radius 1 is 1.36 bits per heavy atom. The summed E-state index contributed by atoms with van der Waals surface area (Å²) in [6, 6.07) is 7.53. The lowest BCUT2D eigenvalue weighted by Crippen LogP contribution is -2.18. The number of halogens is 2. The summed E-state index contributed by atoms with van der Waals surface area (Å²) in [6.45, 7) is 0.541. The van der Waals surface area contributed by atoms with Gasteiger partial charge >= 0.3 is 0 Å². The Balaban J connectivity index is 1.74. The molecule has 2 aliphatic rings. The van der Waals surface area contributed by atoms with E-state index in [0.717, 1.165) is 22.5 Å². The third-order valence-electron chi connectivity index (χ3n) is 4.86. The van der Waals surface area contributed by atoms with E-state index in [1.807, 2.05) is 42.4 Å². The Morgan fingerprint density at radius 3 is 2.64 bits per heavy atom. The highest BCUT2D eigenvalue weighted by Crippen LogP contribution is 2.48. The second kappa shape index (κ2) is 8.12. The molecule has 28 heavy (non-hydrogen) atoms. The van der Waals surface area contributed by atoms with Crippen molar-refractivity contribution in [3.63, 3.8) is 0 Å². The van der Waals surface area contributed by atoms with Crippen LogP contribution in [0.1, 0.15) is 18.4 Å². The number of carbonyl (C=O) groups is 1. The Kier molecular flexibility index (Phi) is 5.82. The van der Waals surface area contributed by atoms with Gasteiger partial charge in [0.25, 0.3) is 5.92 Å². The molecule has 7 heteroatoms. The van der Waals surface area contributed by atoms with E-state index in [9.17, 15) is 13.6 Å². The normalized spacial score (nSPS) is 21.2. The molecule has 0 amide bonds. The quantitative estimate of drug-likeness (QED) is 0.529. The van der Waals surface area contributed by atoms with Crippen molar-refractivity contribution < 1.29 is 18.3 Å². The van der Waals surface area contributed by atoms with E-state index in [2.05, 4.69) is 5.10 Å². The summed E-state index contributed by atoms with van der Waals surface area (Å²) in [7, 11) is 5.15. The number of methoxy groups -OCH3 is 1. The van der Waals surface area contributed by atoms with Crippen LogP contribution in [0.5, 0.6) is 5.75 Å². The van der Waals surface area contributed by atoms with Crippen LogP contribution in [0.4, 0.5) is 8.78 Å². The molecule has 150 valence electrons. The smallest absolute Gasteiger partial charge is 0.253 e. The summed E-state index contributed by atoms with van der Waals surface area (Å²) in [4.78, 5) is 14.1. The molecule has 1 aliphatic carbocycles. The largest absolute Gasteiger partial charge is 0.497 e. The molecule has 1 fully saturated rings. The predicted molar refractivity (Wildman–Crippen MR) is 105 cm³/mol. The van der Waals surface area contributed by atoms with E-state index in [-0.39, 0.29) is 18.7 Å². The number of ether oxygens (including phenoxy) is 1. The lowest BCUT2D eigenvalue weighted by Gasteiger charge is -2.15. The standard InChI is InChI=1S/C21H25F2N3O2/c1-25-12-16(8-9-24-26(2)13-17-11-21(17,22)23)20(10-18(27)14-25)15-4-6-19(28-3)7-5-15/h4-7,9-10,12,17H,8,11,13-14H2,1-3H3/b24-9-. The molecule has 1 aromatic carbocycles. The van der Waals surface area contributed by atoms with Crippen LogP contribution in [0.15, 0.2) is 47.2 Å². The van der Waals surface area contributed by atoms with Crippen LogP contribution >= 0.6 is 0 Å². The number of hydrogen-bond donors (Lipinski definition) is 0. The van der Waals surface area contributed by atoms with Crippen molar-refractivity contribution in [3.8, 4) is 5.75 Å². The molecular formula is C21H25F2N3O2. The van der Waals surface area contributed by atoms with Crippen LogP contribution in [-0.4, -0.2) is 62.1 Å². The third kappa shape index (κ3) is 4.97. The van der Waals surface area contributed by atoms with Gasteiger partial charge in [0, 0.05) is 51.8 Å². The lowest BCUT2D eigenvalue weighted by molar-refractivity contribution is -0.114. The number of benzene rings is 1. The molecule has 3 rings (SSSR count). The summed E-state index contributed by atoms with van der Waals surface area (Å²) in [5, 5.41) is 5.83. The summed E-state index contributed by atoms with van der Waals surface area (Å²) < 4.78 is 31.3. The summed E-state index contributed by atoms with van der Waals surface area (Å²) in [5.74, 6) is -2.39. The molecule has 1 atom stereocenters. The van der Waals surface area contributed by atoms with Gasteiger partial charge in [0.1, 0.15) is 5.75 Å². The van der Waals surface area contributed by atoms with Crippen molar-refractivity contribution >= 4 is 17.6 Å². The molecule has 1 aliphatic heterocycles. The zero-order chi connectivity index (χ0) is 20.3. The van der Waals surface area contributed by atoms with Crippen molar-refractivity contribution in [1.29, 1.82) is 0 Å². The minimum absolute atomic E-state index is 0.0181. The third-order valence-corrected chi connectivity index (χ3v) is 4.86. The predicted octanol–water partition coefficient (Wildman–Crippen LogP) is 3.44. The van der Waals surface area contributed by atoms with Gasteiger partial charge in [-0.15, -0.1) is 0 Å². The van der Waals surface area contributed by atoms with Gasteiger partial charge in [0.15, 0.2) is 5.78 Å². The highest BCUT2D eigenvalue weighted by molar-refractivity contribution is 6.02. The molecule has 0 radical (unpaired) electrons. The fraction of sp³-hybridized carbons (Fsp3) is 0.429. The second-order valence-electron chi connectivity index (χ2n) is 7.33. The average Bonchev–Trinajstić information content (AvgIpc) is 3.27. The van der Waals surface area contributed by atoms with Gasteiger partial charge in [-0.1, -0.05) is 12.1 Å². The number of likely N-dealkylation sites (N-methyl/N-ethyl adjacent to an activating group) is 1. The van der Waals surface area contributed by atoms with Gasteiger partial charge in [0.2, 0.25) is 0 Å². The molecule has 1 saturated carbocycles. The van der Waals surface area contributed by atoms with E-state index in [4.69, 9.17) is 4.74 Å². The Bertz CT molecular complexity index is 815. The number of rotatable bonds is 7. The van der Waals surface area contributed by atoms with E-state index < -0.39 is 11.8 Å². The maximum atomic E-state index is 13.0. The molecular weight excluding hydrogens is 364 g/mol. The van der Waals surface area contributed by atoms with E-state index in [1.54, 1.807) is 31.5 Å². The molecule has 0 N–H and O–H groups in total. The minimum atomic E-state index is -2.54. The van der Waals surface area contributed by atoms with Gasteiger partial charge in [-0.25, -0.2) is 8.78 Å². The first-order valence-electron chi connectivity index (χ1n) is 9.20. The zero-order valence-corrected chi connectivity index (χ0v) is 16.4. The average molecular weight is 389 g/mol. The van der Waals surface area contributed by atoms with Crippen molar-refractivity contribution in [3.05, 3.63) is 47.7 Å². The van der Waals surface area contributed by atoms with Gasteiger partial charge < -0.3 is 9.64 Å². The highest BCUT2D eigenvalue weighted by Gasteiger charge is 2.56. The first kappa shape index (κ1) is 20.0. The molecule has 0 aromatic heterocycles. The maximum Gasteiger partial charge on any atom is 0.253 e. The molecule has 0 bridgehead atoms. The number of hydrogen-bond acceptors (Lipinski definition) is 5. The van der Waals surface area contributed by atoms with E-state index in [1.165, 1.54) is 0 Å². The zero-order valence-electron chi connectivity index (χ0n) is 16.4. The first-order chi connectivity index (χ1) is 13.3. The summed E-state index contributed by atoms with van der Waals surface area (Å²) in [5.41, 5.74) is 2.68. The number of nitrogens with zero attached hydrogens (tertiary/aromatic N) is 3. The number of alkyl halides is 2. The van der Waals surface area contributed by atoms with Gasteiger partial charge in [-0.3, -0.25) is 9.80 Å². The monoisotopic (exact) mass is 389 g/mol. The van der Waals surface area contributed by atoms with Crippen molar-refractivity contribution in [2.24, 2.45) is 11.0 Å². The van der Waals surface area contributed by atoms with Gasteiger partial charge in [0.05, 0.1) is 13.7 Å². The molecule has 0 spiro atoms. The SMILES string of the molecule is COc1ccc(C2=CC(=O)CN(C)C=C2C/C=N\N(C)CC2CC2(F)F)cc1. The number of allylic oxidation sites excluding steroid dienone is 2. The van der Waals surface area contributed by atoms with Crippen LogP contribution < -0.4 is 4.74 Å². The van der Waals surface area contributed by atoms with Gasteiger partial charge in [-0.05, 0) is 34.9 Å². The Labute approximate surface area is 164 Å². The van der Waals surface area contributed by atoms with E-state index in [0.29, 0.717) is 13.0 Å². The number of carbonyl (C=O) groups excluding carboxylic acids is 1. The molecule has 0 saturated heterocycles. The van der Waals surface area contributed by atoms with Crippen LogP contribution in [0.3, 0.4) is 0 Å². The van der Waals surface area contributed by atoms with Gasteiger partial charge in [-0.2, -0.15) is 5.10 Å². The Hall–Kier alpha value is -2.70. The van der Waals surface area contributed by atoms with Crippen LogP contribution in [0, 0.1) is 5.92 Å². The van der Waals surface area contributed by atoms with Crippen LogP contribution in [0.2, 0.25) is 0 Å². The van der Waals surface area contributed by atoms with Crippen molar-refractivity contribution in [2.45, 2.75) is 18.8 Å². The van der Waals surface area contributed by atoms with Crippen LogP contribution in [0.25, 0.3) is 5.57 Å². The van der Waals surface area contributed by atoms with Crippen molar-refractivity contribution in [1.82, 2.24) is 9.91 Å². The number of ketones is 1. The molecule has 1 heterocycles. The molecule has 1 unspecified atom stereocenters. The fourth-order valence-corrected chi connectivity index (χ4v) is 3.24. The first-order valence-corrected chi connectivity index (χ1v) is 9.20. The molecule has 1 aromatic rings. The topological polar surface area (TPSA) is 45.1 Å². The number of hydrazone groups is 1. The van der Waals surface area contributed by atoms with Crippen molar-refractivity contribution in [2.75, 3.05) is 34.3 Å². The molecule has 5 nitrogen and oxygen atoms in total. The highest BCUT2D eigenvalue weighted by atomic mass is 19.3. The maximum absolute atomic E-state index is 13.0. The summed E-state index contributed by atoms with van der Waals surface area (Å²) >= 11 is 0. The second-order valence-corrected chi connectivity index (χ2v) is 7.33. The minimum Gasteiger partial charge on any atom is -0.497 e. The lowest BCUT2D eigenvalue weighted by atomic mass is 9.95. The van der Waals surface area contributed by atoms with E-state index >= 15 is 0 Å². The summed E-state index contributed by atoms with van der Waals surface area (Å²) in [6.07, 6.45) is 5.71. The Morgan fingerprint density at radius 2 is 2.04 bits per heavy atom. The fourth-order valence-electron chi connectivity index (χ4n) is 3.24. The van der Waals surface area contributed by atoms with Crippen LogP contribution in [-0.2, 0) is 4.79 Å².